The average Bonchev–Trinajstić information content (AvgIpc) is 3.63. The Bertz CT molecular complexity index is 996. The van der Waals surface area contributed by atoms with Crippen molar-refractivity contribution in [2.75, 3.05) is 38.3 Å². The number of alkyl halides is 3. The van der Waals surface area contributed by atoms with Crippen molar-refractivity contribution < 1.29 is 27.4 Å². The van der Waals surface area contributed by atoms with Crippen molar-refractivity contribution in [1.82, 2.24) is 20.4 Å². The number of nitrogens with zero attached hydrogens (tertiary/aromatic N) is 4. The van der Waals surface area contributed by atoms with Crippen LogP contribution >= 0.6 is 0 Å². The fourth-order valence-electron chi connectivity index (χ4n) is 7.69. The summed E-state index contributed by atoms with van der Waals surface area (Å²) in [5, 5.41) is 11.4. The van der Waals surface area contributed by atoms with Gasteiger partial charge in [-0.05, 0) is 50.5 Å². The summed E-state index contributed by atoms with van der Waals surface area (Å²) < 4.78 is 50.7. The number of likely N-dealkylation sites (tertiary alicyclic amines) is 1. The number of aromatic nitrogens is 2. The Morgan fingerprint density at radius 1 is 1.25 bits per heavy atom. The average molecular weight is 510 g/mol. The van der Waals surface area contributed by atoms with E-state index in [1.807, 2.05) is 9.80 Å². The number of anilines is 1. The van der Waals surface area contributed by atoms with Crippen molar-refractivity contribution in [3.8, 4) is 0 Å². The number of hydrogen-bond donors (Lipinski definition) is 1. The lowest BCUT2D eigenvalue weighted by Crippen LogP contribution is -2.54. The van der Waals surface area contributed by atoms with Crippen LogP contribution in [0.1, 0.15) is 50.5 Å². The summed E-state index contributed by atoms with van der Waals surface area (Å²) in [5.74, 6) is 0.885. The van der Waals surface area contributed by atoms with Gasteiger partial charge in [-0.2, -0.15) is 18.3 Å². The van der Waals surface area contributed by atoms with Gasteiger partial charge >= 0.3 is 6.18 Å². The molecule has 36 heavy (non-hydrogen) atoms. The molecule has 2 saturated carbocycles. The zero-order chi connectivity index (χ0) is 25.1. The molecule has 11 heteroatoms. The van der Waals surface area contributed by atoms with E-state index in [4.69, 9.17) is 9.47 Å². The molecule has 1 aromatic heterocycles. The summed E-state index contributed by atoms with van der Waals surface area (Å²) in [6, 6.07) is 1.59. The fourth-order valence-corrected chi connectivity index (χ4v) is 7.69. The van der Waals surface area contributed by atoms with E-state index < -0.39 is 11.7 Å². The van der Waals surface area contributed by atoms with Gasteiger partial charge < -0.3 is 24.6 Å². The lowest BCUT2D eigenvalue weighted by Gasteiger charge is -2.40. The molecule has 1 aromatic rings. The maximum absolute atomic E-state index is 14.1. The van der Waals surface area contributed by atoms with Crippen LogP contribution in [0.25, 0.3) is 0 Å². The van der Waals surface area contributed by atoms with Crippen LogP contribution in [0.4, 0.5) is 19.0 Å². The molecule has 2 aliphatic carbocycles. The molecule has 0 radical (unpaired) electrons. The molecule has 5 aliphatic rings. The molecule has 4 heterocycles. The first-order valence-corrected chi connectivity index (χ1v) is 13.1. The van der Waals surface area contributed by atoms with Crippen molar-refractivity contribution in [1.29, 1.82) is 0 Å². The Morgan fingerprint density at radius 3 is 2.86 bits per heavy atom. The molecule has 0 aromatic carbocycles. The number of amides is 1. The minimum Gasteiger partial charge on any atom is -0.379 e. The maximum atomic E-state index is 14.1. The van der Waals surface area contributed by atoms with Gasteiger partial charge in [0.05, 0.1) is 42.0 Å². The van der Waals surface area contributed by atoms with E-state index in [1.165, 1.54) is 0 Å². The quantitative estimate of drug-likeness (QED) is 0.654. The van der Waals surface area contributed by atoms with E-state index in [9.17, 15) is 18.0 Å². The Labute approximate surface area is 208 Å². The van der Waals surface area contributed by atoms with E-state index in [1.54, 1.807) is 7.11 Å². The van der Waals surface area contributed by atoms with E-state index in [0.717, 1.165) is 63.8 Å². The van der Waals surface area contributed by atoms with Gasteiger partial charge in [0, 0.05) is 38.9 Å². The van der Waals surface area contributed by atoms with Gasteiger partial charge in [0.2, 0.25) is 5.91 Å². The lowest BCUT2D eigenvalue weighted by molar-refractivity contribution is -0.144. The fraction of sp³-hybridized carbons (Fsp3) is 0.800. The number of halogens is 3. The zero-order valence-corrected chi connectivity index (χ0v) is 20.5. The third-order valence-electron chi connectivity index (χ3n) is 9.38. The molecule has 7 atom stereocenters. The van der Waals surface area contributed by atoms with Gasteiger partial charge in [0.15, 0.2) is 5.82 Å². The highest BCUT2D eigenvalue weighted by molar-refractivity contribution is 5.85. The lowest BCUT2D eigenvalue weighted by atomic mass is 9.78. The molecule has 2 bridgehead atoms. The second kappa shape index (κ2) is 9.09. The summed E-state index contributed by atoms with van der Waals surface area (Å²) in [5.41, 5.74) is -1.11. The van der Waals surface area contributed by atoms with E-state index in [0.29, 0.717) is 25.6 Å². The number of piperazine rings is 1. The largest absolute Gasteiger partial charge is 0.418 e. The summed E-state index contributed by atoms with van der Waals surface area (Å²) in [4.78, 5) is 18.0. The van der Waals surface area contributed by atoms with Gasteiger partial charge in [-0.3, -0.25) is 4.79 Å². The van der Waals surface area contributed by atoms with Gasteiger partial charge in [-0.25, -0.2) is 0 Å². The van der Waals surface area contributed by atoms with Crippen LogP contribution in [0.15, 0.2) is 12.3 Å². The predicted molar refractivity (Wildman–Crippen MR) is 124 cm³/mol. The maximum Gasteiger partial charge on any atom is 0.418 e. The Kier molecular flexibility index (Phi) is 6.15. The van der Waals surface area contributed by atoms with Crippen LogP contribution < -0.4 is 10.2 Å². The highest BCUT2D eigenvalue weighted by Crippen LogP contribution is 2.56. The number of carbonyl (C=O) groups excluding carboxylic acids is 1. The molecule has 3 saturated heterocycles. The van der Waals surface area contributed by atoms with Crippen LogP contribution in [0.3, 0.4) is 0 Å². The smallest absolute Gasteiger partial charge is 0.379 e. The van der Waals surface area contributed by atoms with E-state index in [2.05, 4.69) is 15.5 Å². The van der Waals surface area contributed by atoms with Gasteiger partial charge in [-0.1, -0.05) is 6.42 Å². The molecule has 8 nitrogen and oxygen atoms in total. The summed E-state index contributed by atoms with van der Waals surface area (Å²) >= 11 is 0. The third-order valence-corrected chi connectivity index (χ3v) is 9.38. The van der Waals surface area contributed by atoms with Gasteiger partial charge in [-0.15, -0.1) is 5.10 Å². The number of carbonyl (C=O) groups is 1. The molecule has 5 fully saturated rings. The standard InChI is InChI=1S/C25H34F3N5O3/c1-35-21-14-36-6-4-20(21)30-17-7-15-3-2-5-24(15,10-17)23(34)33-13-18-9-19(33)12-32(18)22-8-16(11-29-31-22)25(26,27)28/h8,11,15,17-21,30H,2-7,9-10,12-14H2,1H3/t15-,17-,18+,19+,20-,21-,24-/m1/s1. The Hall–Kier alpha value is -1.98. The number of ether oxygens (including phenoxy) is 2. The van der Waals surface area contributed by atoms with Gasteiger partial charge in [0.1, 0.15) is 0 Å². The van der Waals surface area contributed by atoms with Gasteiger partial charge in [0.25, 0.3) is 0 Å². The van der Waals surface area contributed by atoms with E-state index >= 15 is 0 Å². The van der Waals surface area contributed by atoms with Crippen molar-refractivity contribution >= 4 is 11.7 Å². The number of nitrogens with one attached hydrogen (secondary N) is 1. The number of rotatable bonds is 5. The zero-order valence-electron chi connectivity index (χ0n) is 20.5. The molecule has 198 valence electrons. The summed E-state index contributed by atoms with van der Waals surface area (Å²) in [6.07, 6.45) is 2.95. The Balaban J connectivity index is 1.13. The molecule has 6 rings (SSSR count). The van der Waals surface area contributed by atoms with Crippen molar-refractivity contribution in [3.63, 3.8) is 0 Å². The number of fused-ring (bicyclic) bond motifs is 3. The summed E-state index contributed by atoms with van der Waals surface area (Å²) in [6.45, 7) is 2.37. The predicted octanol–water partition coefficient (Wildman–Crippen LogP) is 2.63. The van der Waals surface area contributed by atoms with Crippen LogP contribution in [-0.4, -0.2) is 84.7 Å². The van der Waals surface area contributed by atoms with Crippen LogP contribution in [-0.2, 0) is 20.4 Å². The number of methoxy groups -OCH3 is 1. The van der Waals surface area contributed by atoms with Crippen LogP contribution in [0.5, 0.6) is 0 Å². The normalized spacial score (nSPS) is 38.1. The topological polar surface area (TPSA) is 79.8 Å². The minimum atomic E-state index is -4.46. The molecular weight excluding hydrogens is 475 g/mol. The first-order valence-electron chi connectivity index (χ1n) is 13.1. The summed E-state index contributed by atoms with van der Waals surface area (Å²) in [7, 11) is 1.72. The molecule has 0 unspecified atom stereocenters. The monoisotopic (exact) mass is 509 g/mol. The third kappa shape index (κ3) is 4.07. The van der Waals surface area contributed by atoms with Crippen molar-refractivity contribution in [2.45, 2.75) is 81.4 Å². The van der Waals surface area contributed by atoms with Crippen molar-refractivity contribution in [3.05, 3.63) is 17.8 Å². The second-order valence-corrected chi connectivity index (χ2v) is 11.2. The minimum absolute atomic E-state index is 0.00911. The molecule has 3 aliphatic heterocycles. The molecule has 1 N–H and O–H groups in total. The van der Waals surface area contributed by atoms with Crippen LogP contribution in [0, 0.1) is 11.3 Å². The number of hydrogen-bond acceptors (Lipinski definition) is 7. The SMILES string of the molecule is CO[C@@H]1COCC[C@H]1N[C@@H]1C[C@H]2CCC[C@@]2(C(=O)N2C[C@@H]3C[C@H]2CN3c2cc(C(F)(F)F)cnn2)C1. The molecule has 0 spiro atoms. The Morgan fingerprint density at radius 2 is 2.11 bits per heavy atom. The van der Waals surface area contributed by atoms with E-state index in [-0.39, 0.29) is 47.4 Å². The first-order chi connectivity index (χ1) is 17.3. The highest BCUT2D eigenvalue weighted by Gasteiger charge is 2.59. The first kappa shape index (κ1) is 24.4. The molecule has 1 amide bonds. The van der Waals surface area contributed by atoms with Crippen LogP contribution in [0.2, 0.25) is 0 Å². The second-order valence-electron chi connectivity index (χ2n) is 11.2. The molecular formula is C25H34F3N5O3. The highest BCUT2D eigenvalue weighted by atomic mass is 19.4. The van der Waals surface area contributed by atoms with Crippen molar-refractivity contribution in [2.24, 2.45) is 11.3 Å².